The summed E-state index contributed by atoms with van der Waals surface area (Å²) >= 11 is 0. The van der Waals surface area contributed by atoms with Gasteiger partial charge in [-0.15, -0.1) is 0 Å². The normalized spacial score (nSPS) is 10.6. The Bertz CT molecular complexity index is 493. The Morgan fingerprint density at radius 2 is 2.43 bits per heavy atom. The average molecular weight is 186 g/mol. The van der Waals surface area contributed by atoms with Crippen molar-refractivity contribution >= 4 is 30.3 Å². The summed E-state index contributed by atoms with van der Waals surface area (Å²) in [6.45, 7) is 0. The zero-order valence-corrected chi connectivity index (χ0v) is 7.32. The third-order valence-electron chi connectivity index (χ3n) is 1.96. The average Bonchev–Trinajstić information content (AvgIpc) is 2.47. The molecule has 2 rings (SSSR count). The summed E-state index contributed by atoms with van der Waals surface area (Å²) < 4.78 is 0. The molecule has 0 saturated heterocycles. The van der Waals surface area contributed by atoms with Gasteiger partial charge in [0, 0.05) is 17.3 Å². The van der Waals surface area contributed by atoms with Crippen LogP contribution in [0.1, 0.15) is 5.69 Å². The zero-order chi connectivity index (χ0) is 10.1. The first-order valence-corrected chi connectivity index (χ1v) is 4.10. The number of nitrogens with one attached hydrogen (secondary N) is 1. The lowest BCUT2D eigenvalue weighted by atomic mass is 9.94. The number of pyridine rings is 1. The number of aromatic nitrogens is 2. The van der Waals surface area contributed by atoms with Crippen molar-refractivity contribution in [3.05, 3.63) is 24.0 Å². The van der Waals surface area contributed by atoms with E-state index in [-0.39, 0.29) is 6.42 Å². The summed E-state index contributed by atoms with van der Waals surface area (Å²) in [5, 5.41) is 9.36. The Labute approximate surface area is 81.4 Å². The Morgan fingerprint density at radius 1 is 1.64 bits per heavy atom. The molecule has 4 nitrogen and oxygen atoms in total. The molecule has 68 valence electrons. The van der Waals surface area contributed by atoms with Gasteiger partial charge in [0.2, 0.25) is 0 Å². The zero-order valence-electron chi connectivity index (χ0n) is 7.32. The summed E-state index contributed by atoms with van der Waals surface area (Å²) in [4.78, 5) is 17.4. The molecular weight excluding hydrogens is 179 g/mol. The van der Waals surface area contributed by atoms with E-state index >= 15 is 0 Å². The van der Waals surface area contributed by atoms with Crippen LogP contribution in [0.2, 0.25) is 0 Å². The van der Waals surface area contributed by atoms with Gasteiger partial charge in [0.15, 0.2) is 0 Å². The third-order valence-corrected chi connectivity index (χ3v) is 1.96. The lowest BCUT2D eigenvalue weighted by Gasteiger charge is -1.91. The number of carboxylic acids is 1. The topological polar surface area (TPSA) is 66.0 Å². The van der Waals surface area contributed by atoms with Crippen molar-refractivity contribution in [2.75, 3.05) is 0 Å². The Morgan fingerprint density at radius 3 is 3.07 bits per heavy atom. The second-order valence-electron chi connectivity index (χ2n) is 3.03. The third kappa shape index (κ3) is 1.48. The highest BCUT2D eigenvalue weighted by molar-refractivity contribution is 6.38. The summed E-state index contributed by atoms with van der Waals surface area (Å²) in [6, 6.07) is 3.40. The molecule has 14 heavy (non-hydrogen) atoms. The minimum Gasteiger partial charge on any atom is -0.481 e. The van der Waals surface area contributed by atoms with E-state index < -0.39 is 5.97 Å². The number of hydrogen-bond donors (Lipinski definition) is 2. The number of aromatic amines is 1. The molecule has 0 saturated carbocycles. The molecule has 0 unspecified atom stereocenters. The molecule has 5 heteroatoms. The predicted molar refractivity (Wildman–Crippen MR) is 52.8 cm³/mol. The van der Waals surface area contributed by atoms with Gasteiger partial charge in [-0.3, -0.25) is 4.79 Å². The van der Waals surface area contributed by atoms with Crippen molar-refractivity contribution < 1.29 is 9.90 Å². The number of carbonyl (C=O) groups is 1. The van der Waals surface area contributed by atoms with Crippen LogP contribution in [0, 0.1) is 0 Å². The van der Waals surface area contributed by atoms with Gasteiger partial charge >= 0.3 is 5.97 Å². The highest BCUT2D eigenvalue weighted by Gasteiger charge is 2.06. The van der Waals surface area contributed by atoms with E-state index in [9.17, 15) is 4.79 Å². The number of carboxylic acid groups (broad SMARTS) is 1. The van der Waals surface area contributed by atoms with Crippen LogP contribution >= 0.6 is 0 Å². The Balaban J connectivity index is 2.51. The van der Waals surface area contributed by atoms with Crippen molar-refractivity contribution in [3.63, 3.8) is 0 Å². The van der Waals surface area contributed by atoms with E-state index in [0.29, 0.717) is 16.8 Å². The first-order chi connectivity index (χ1) is 6.66. The standard InChI is InChI=1S/C9H7BN2O2/c10-7-1-2-11-9-6(7)3-5(12-9)4-8(13)14/h1-3H,4H2,(H,11,12)(H,13,14). The van der Waals surface area contributed by atoms with Crippen LogP contribution in [0.25, 0.3) is 11.0 Å². The number of H-pyrrole nitrogens is 1. The van der Waals surface area contributed by atoms with Crippen LogP contribution in [0.4, 0.5) is 0 Å². The van der Waals surface area contributed by atoms with Crippen molar-refractivity contribution in [2.45, 2.75) is 6.42 Å². The van der Waals surface area contributed by atoms with E-state index in [1.165, 1.54) is 0 Å². The monoisotopic (exact) mass is 186 g/mol. The maximum absolute atomic E-state index is 10.5. The van der Waals surface area contributed by atoms with Gasteiger partial charge in [0.05, 0.1) is 6.42 Å². The summed E-state index contributed by atoms with van der Waals surface area (Å²) in [6.07, 6.45) is 1.54. The fourth-order valence-electron chi connectivity index (χ4n) is 1.36. The lowest BCUT2D eigenvalue weighted by molar-refractivity contribution is -0.136. The molecule has 2 heterocycles. The van der Waals surface area contributed by atoms with Crippen molar-refractivity contribution in [1.82, 2.24) is 9.97 Å². The molecule has 0 atom stereocenters. The molecular formula is C9H7BN2O2. The molecule has 0 bridgehead atoms. The SMILES string of the molecule is [B]c1ccnc2[nH]c(CC(=O)O)cc12. The molecule has 2 N–H and O–H groups in total. The first kappa shape index (κ1) is 8.81. The molecule has 2 aromatic rings. The molecule has 0 amide bonds. The number of hydrogen-bond acceptors (Lipinski definition) is 2. The summed E-state index contributed by atoms with van der Waals surface area (Å²) in [7, 11) is 5.69. The minimum absolute atomic E-state index is 0.0458. The maximum Gasteiger partial charge on any atom is 0.309 e. The van der Waals surface area contributed by atoms with E-state index in [4.69, 9.17) is 13.0 Å². The molecule has 0 fully saturated rings. The number of aliphatic carboxylic acids is 1. The van der Waals surface area contributed by atoms with Gasteiger partial charge < -0.3 is 10.1 Å². The number of nitrogens with zero attached hydrogens (tertiary/aromatic N) is 1. The van der Waals surface area contributed by atoms with Gasteiger partial charge in [0.1, 0.15) is 13.5 Å². The molecule has 2 radical (unpaired) electrons. The van der Waals surface area contributed by atoms with E-state index in [1.54, 1.807) is 18.3 Å². The fraction of sp³-hybridized carbons (Fsp3) is 0.111. The first-order valence-electron chi connectivity index (χ1n) is 4.10. The van der Waals surface area contributed by atoms with Gasteiger partial charge in [0.25, 0.3) is 0 Å². The number of fused-ring (bicyclic) bond motifs is 1. The van der Waals surface area contributed by atoms with Gasteiger partial charge in [-0.25, -0.2) is 4.98 Å². The quantitative estimate of drug-likeness (QED) is 0.647. The molecule has 0 aromatic carbocycles. The molecule has 0 aliphatic rings. The van der Waals surface area contributed by atoms with Crippen molar-refractivity contribution in [3.8, 4) is 0 Å². The van der Waals surface area contributed by atoms with Gasteiger partial charge in [-0.2, -0.15) is 0 Å². The summed E-state index contributed by atoms with van der Waals surface area (Å²) in [5.41, 5.74) is 1.84. The van der Waals surface area contributed by atoms with E-state index in [1.807, 2.05) is 0 Å². The highest BCUT2D eigenvalue weighted by Crippen LogP contribution is 2.10. The summed E-state index contributed by atoms with van der Waals surface area (Å²) in [5.74, 6) is -0.880. The Hall–Kier alpha value is -1.78. The van der Waals surface area contributed by atoms with Crippen LogP contribution in [0.15, 0.2) is 18.3 Å². The molecule has 0 aliphatic carbocycles. The molecule has 0 aliphatic heterocycles. The van der Waals surface area contributed by atoms with Crippen LogP contribution in [0.3, 0.4) is 0 Å². The maximum atomic E-state index is 10.5. The highest BCUT2D eigenvalue weighted by atomic mass is 16.4. The smallest absolute Gasteiger partial charge is 0.309 e. The van der Waals surface area contributed by atoms with Crippen LogP contribution in [-0.2, 0) is 11.2 Å². The van der Waals surface area contributed by atoms with E-state index in [2.05, 4.69) is 9.97 Å². The minimum atomic E-state index is -0.880. The van der Waals surface area contributed by atoms with Crippen LogP contribution in [-0.4, -0.2) is 28.9 Å². The fourth-order valence-corrected chi connectivity index (χ4v) is 1.36. The van der Waals surface area contributed by atoms with Gasteiger partial charge in [-0.05, 0) is 6.07 Å². The van der Waals surface area contributed by atoms with Crippen molar-refractivity contribution in [1.29, 1.82) is 0 Å². The van der Waals surface area contributed by atoms with Gasteiger partial charge in [-0.1, -0.05) is 11.5 Å². The van der Waals surface area contributed by atoms with E-state index in [0.717, 1.165) is 5.39 Å². The number of rotatable bonds is 2. The Kier molecular flexibility index (Phi) is 2.00. The second-order valence-corrected chi connectivity index (χ2v) is 3.03. The lowest BCUT2D eigenvalue weighted by Crippen LogP contribution is -2.02. The van der Waals surface area contributed by atoms with Crippen molar-refractivity contribution in [2.24, 2.45) is 0 Å². The van der Waals surface area contributed by atoms with Crippen LogP contribution in [0.5, 0.6) is 0 Å². The molecule has 2 aromatic heterocycles. The molecule has 0 spiro atoms. The second kappa shape index (κ2) is 3.18. The predicted octanol–water partition coefficient (Wildman–Crippen LogP) is -0.0162. The largest absolute Gasteiger partial charge is 0.481 e. The van der Waals surface area contributed by atoms with Crippen LogP contribution < -0.4 is 5.46 Å².